The normalized spacial score (nSPS) is 14.0. The summed E-state index contributed by atoms with van der Waals surface area (Å²) in [5, 5.41) is 5.11. The Labute approximate surface area is 160 Å². The number of aromatic amines is 1. The largest absolute Gasteiger partial charge is 0.336 e. The molecule has 3 aromatic rings. The second kappa shape index (κ2) is 7.12. The highest BCUT2D eigenvalue weighted by Crippen LogP contribution is 2.31. The number of carbonyl (C=O) groups is 2. The van der Waals surface area contributed by atoms with E-state index in [-0.39, 0.29) is 23.0 Å². The van der Waals surface area contributed by atoms with E-state index in [1.807, 2.05) is 0 Å². The zero-order chi connectivity index (χ0) is 19.0. The molecule has 1 aromatic carbocycles. The van der Waals surface area contributed by atoms with Gasteiger partial charge in [0, 0.05) is 24.0 Å². The summed E-state index contributed by atoms with van der Waals surface area (Å²) in [7, 11) is 0. The molecule has 4 rings (SSSR count). The third-order valence-corrected chi connectivity index (χ3v) is 5.80. The summed E-state index contributed by atoms with van der Waals surface area (Å²) in [4.78, 5) is 44.9. The minimum Gasteiger partial charge on any atom is -0.336 e. The Kier molecular flexibility index (Phi) is 4.66. The first-order valence-electron chi connectivity index (χ1n) is 8.01. The van der Waals surface area contributed by atoms with Crippen LogP contribution in [0.3, 0.4) is 0 Å². The molecule has 138 valence electrons. The van der Waals surface area contributed by atoms with Crippen molar-refractivity contribution in [3.05, 3.63) is 45.8 Å². The van der Waals surface area contributed by atoms with Crippen molar-refractivity contribution >= 4 is 45.3 Å². The van der Waals surface area contributed by atoms with Crippen LogP contribution in [0.2, 0.25) is 0 Å². The number of hydrogen-bond donors (Lipinski definition) is 2. The number of benzene rings is 1. The molecule has 0 spiro atoms. The maximum atomic E-state index is 13.1. The van der Waals surface area contributed by atoms with Crippen molar-refractivity contribution in [1.29, 1.82) is 0 Å². The summed E-state index contributed by atoms with van der Waals surface area (Å²) in [6, 6.07) is 5.49. The van der Waals surface area contributed by atoms with E-state index in [0.29, 0.717) is 34.0 Å². The fourth-order valence-electron chi connectivity index (χ4n) is 2.76. The molecule has 7 nitrogen and oxygen atoms in total. The Morgan fingerprint density at radius 1 is 1.30 bits per heavy atom. The van der Waals surface area contributed by atoms with Crippen molar-refractivity contribution in [2.75, 3.05) is 18.8 Å². The molecule has 27 heavy (non-hydrogen) atoms. The molecular formula is C17H13FN4O3S2. The number of carbonyl (C=O) groups excluding carboxylic acids is 2. The summed E-state index contributed by atoms with van der Waals surface area (Å²) in [6.45, 7) is 0.783. The van der Waals surface area contributed by atoms with E-state index in [0.717, 1.165) is 22.2 Å². The average Bonchev–Trinajstić information content (AvgIpc) is 3.27. The number of fused-ring (bicyclic) bond motifs is 1. The molecule has 10 heteroatoms. The number of amides is 3. The van der Waals surface area contributed by atoms with Gasteiger partial charge in [-0.05, 0) is 17.7 Å². The van der Waals surface area contributed by atoms with Crippen LogP contribution in [0.4, 0.5) is 9.18 Å². The van der Waals surface area contributed by atoms with Crippen LogP contribution < -0.4 is 10.9 Å². The fourth-order valence-corrected chi connectivity index (χ4v) is 4.50. The lowest BCUT2D eigenvalue weighted by molar-refractivity contribution is -0.124. The van der Waals surface area contributed by atoms with E-state index in [1.165, 1.54) is 23.5 Å². The molecule has 0 bridgehead atoms. The Bertz CT molecular complexity index is 1090. The van der Waals surface area contributed by atoms with E-state index in [2.05, 4.69) is 15.3 Å². The molecule has 0 atom stereocenters. The molecule has 0 unspecified atom stereocenters. The SMILES string of the molecule is O=C(CSc1nc2scc(-c3ccc(F)cc3)c2c(=O)[nH]1)N1CCNC1=O. The molecule has 1 fully saturated rings. The number of urea groups is 1. The van der Waals surface area contributed by atoms with E-state index in [1.54, 1.807) is 17.5 Å². The first-order chi connectivity index (χ1) is 13.0. The molecule has 3 amide bonds. The number of thioether (sulfide) groups is 1. The van der Waals surface area contributed by atoms with E-state index >= 15 is 0 Å². The first kappa shape index (κ1) is 17.7. The Morgan fingerprint density at radius 3 is 2.78 bits per heavy atom. The second-order valence-corrected chi connectivity index (χ2v) is 7.60. The number of nitrogens with one attached hydrogen (secondary N) is 2. The van der Waals surface area contributed by atoms with Crippen molar-refractivity contribution in [3.8, 4) is 11.1 Å². The number of nitrogens with zero attached hydrogens (tertiary/aromatic N) is 2. The van der Waals surface area contributed by atoms with Gasteiger partial charge in [0.05, 0.1) is 11.1 Å². The lowest BCUT2D eigenvalue weighted by Gasteiger charge is -2.11. The van der Waals surface area contributed by atoms with Crippen LogP contribution >= 0.6 is 23.1 Å². The van der Waals surface area contributed by atoms with Gasteiger partial charge < -0.3 is 10.3 Å². The predicted octanol–water partition coefficient (Wildman–Crippen LogP) is 2.43. The van der Waals surface area contributed by atoms with Crippen molar-refractivity contribution < 1.29 is 14.0 Å². The van der Waals surface area contributed by atoms with Crippen molar-refractivity contribution in [2.45, 2.75) is 5.16 Å². The maximum absolute atomic E-state index is 13.1. The predicted molar refractivity (Wildman–Crippen MR) is 101 cm³/mol. The lowest BCUT2D eigenvalue weighted by atomic mass is 10.1. The number of halogens is 1. The standard InChI is InChI=1S/C17H13FN4O3S2/c18-10-3-1-9(2-4-10)11-7-26-15-13(11)14(24)20-16(21-15)27-8-12(23)22-6-5-19-17(22)25/h1-4,7H,5-6,8H2,(H,19,25)(H,20,21,24). The molecule has 2 aromatic heterocycles. The number of aromatic nitrogens is 2. The van der Waals surface area contributed by atoms with Crippen LogP contribution in [0.1, 0.15) is 0 Å². The van der Waals surface area contributed by atoms with Crippen LogP contribution in [-0.2, 0) is 4.79 Å². The van der Waals surface area contributed by atoms with Crippen molar-refractivity contribution in [1.82, 2.24) is 20.2 Å². The van der Waals surface area contributed by atoms with Crippen LogP contribution in [0.5, 0.6) is 0 Å². The van der Waals surface area contributed by atoms with Gasteiger partial charge in [-0.15, -0.1) is 11.3 Å². The van der Waals surface area contributed by atoms with Gasteiger partial charge in [0.15, 0.2) is 5.16 Å². The second-order valence-electron chi connectivity index (χ2n) is 5.77. The van der Waals surface area contributed by atoms with Gasteiger partial charge in [-0.3, -0.25) is 14.5 Å². The van der Waals surface area contributed by atoms with Gasteiger partial charge in [-0.2, -0.15) is 0 Å². The fraction of sp³-hybridized carbons (Fsp3) is 0.176. The molecule has 1 aliphatic rings. The maximum Gasteiger partial charge on any atom is 0.324 e. The molecule has 0 radical (unpaired) electrons. The number of H-pyrrole nitrogens is 1. The van der Waals surface area contributed by atoms with E-state index in [9.17, 15) is 18.8 Å². The molecule has 0 aliphatic carbocycles. The smallest absolute Gasteiger partial charge is 0.324 e. The van der Waals surface area contributed by atoms with Crippen molar-refractivity contribution in [3.63, 3.8) is 0 Å². The third-order valence-electron chi connectivity index (χ3n) is 4.07. The first-order valence-corrected chi connectivity index (χ1v) is 9.88. The van der Waals surface area contributed by atoms with Gasteiger partial charge in [-0.25, -0.2) is 14.2 Å². The summed E-state index contributed by atoms with van der Waals surface area (Å²) in [6.07, 6.45) is 0. The quantitative estimate of drug-likeness (QED) is 0.514. The number of thiophene rings is 1. The number of hydrogen-bond acceptors (Lipinski definition) is 6. The minimum atomic E-state index is -0.403. The monoisotopic (exact) mass is 404 g/mol. The zero-order valence-electron chi connectivity index (χ0n) is 13.8. The highest BCUT2D eigenvalue weighted by molar-refractivity contribution is 7.99. The Morgan fingerprint density at radius 2 is 2.07 bits per heavy atom. The highest BCUT2D eigenvalue weighted by Gasteiger charge is 2.26. The van der Waals surface area contributed by atoms with Crippen LogP contribution in [-0.4, -0.2) is 45.6 Å². The number of imide groups is 1. The van der Waals surface area contributed by atoms with E-state index in [4.69, 9.17) is 0 Å². The summed E-state index contributed by atoms with van der Waals surface area (Å²) < 4.78 is 13.1. The van der Waals surface area contributed by atoms with Crippen LogP contribution in [0.25, 0.3) is 21.3 Å². The Hall–Kier alpha value is -2.72. The zero-order valence-corrected chi connectivity index (χ0v) is 15.5. The van der Waals surface area contributed by atoms with Crippen LogP contribution in [0.15, 0.2) is 39.6 Å². The van der Waals surface area contributed by atoms with E-state index < -0.39 is 6.03 Å². The van der Waals surface area contributed by atoms with Gasteiger partial charge in [0.2, 0.25) is 5.91 Å². The molecule has 1 saturated heterocycles. The minimum absolute atomic E-state index is 0.00192. The number of rotatable bonds is 4. The average molecular weight is 404 g/mol. The third kappa shape index (κ3) is 3.45. The molecular weight excluding hydrogens is 391 g/mol. The summed E-state index contributed by atoms with van der Waals surface area (Å²) in [5.74, 6) is -0.686. The van der Waals surface area contributed by atoms with Gasteiger partial charge in [0.25, 0.3) is 5.56 Å². The topological polar surface area (TPSA) is 95.2 Å². The highest BCUT2D eigenvalue weighted by atomic mass is 32.2. The van der Waals surface area contributed by atoms with Gasteiger partial charge in [-0.1, -0.05) is 23.9 Å². The van der Waals surface area contributed by atoms with Gasteiger partial charge >= 0.3 is 6.03 Å². The Balaban J connectivity index is 1.58. The van der Waals surface area contributed by atoms with Crippen LogP contribution in [0, 0.1) is 5.82 Å². The molecule has 1 aliphatic heterocycles. The summed E-state index contributed by atoms with van der Waals surface area (Å²) in [5.41, 5.74) is 1.09. The molecule has 0 saturated carbocycles. The van der Waals surface area contributed by atoms with Gasteiger partial charge in [0.1, 0.15) is 10.6 Å². The summed E-state index contributed by atoms with van der Waals surface area (Å²) >= 11 is 2.38. The molecule has 2 N–H and O–H groups in total. The molecule has 3 heterocycles. The van der Waals surface area contributed by atoms with Crippen molar-refractivity contribution in [2.24, 2.45) is 0 Å². The lowest BCUT2D eigenvalue weighted by Crippen LogP contribution is -2.35.